The van der Waals surface area contributed by atoms with Crippen molar-refractivity contribution in [2.24, 2.45) is 0 Å². The summed E-state index contributed by atoms with van der Waals surface area (Å²) in [5, 5.41) is 14.3. The molecular weight excluding hydrogens is 340 g/mol. The molecule has 0 aliphatic carbocycles. The van der Waals surface area contributed by atoms with E-state index in [1.54, 1.807) is 29.8 Å². The lowest BCUT2D eigenvalue weighted by Crippen LogP contribution is -2.26. The van der Waals surface area contributed by atoms with Crippen molar-refractivity contribution in [2.45, 2.75) is 19.4 Å². The number of ether oxygens (including phenoxy) is 1. The fourth-order valence-corrected chi connectivity index (χ4v) is 2.59. The van der Waals surface area contributed by atoms with Crippen molar-refractivity contribution in [3.63, 3.8) is 0 Å². The summed E-state index contributed by atoms with van der Waals surface area (Å²) in [6.45, 7) is 1.76. The first kappa shape index (κ1) is 17.0. The molecule has 128 valence electrons. The quantitative estimate of drug-likeness (QED) is 0.709. The van der Waals surface area contributed by atoms with Crippen LogP contribution in [0.25, 0.3) is 16.9 Å². The van der Waals surface area contributed by atoms with Crippen LogP contribution in [0.15, 0.2) is 60.7 Å². The van der Waals surface area contributed by atoms with Crippen LogP contribution in [0.4, 0.5) is 0 Å². The number of rotatable bonds is 6. The van der Waals surface area contributed by atoms with Gasteiger partial charge in [0.25, 0.3) is 0 Å². The first-order valence-electron chi connectivity index (χ1n) is 7.89. The van der Waals surface area contributed by atoms with Crippen LogP contribution in [0.1, 0.15) is 13.3 Å². The largest absolute Gasteiger partial charge is 0.479 e. The molecule has 5 nitrogen and oxygen atoms in total. The third kappa shape index (κ3) is 3.83. The Morgan fingerprint density at radius 1 is 1.20 bits per heavy atom. The van der Waals surface area contributed by atoms with Crippen LogP contribution < -0.4 is 4.74 Å². The number of halogens is 1. The Balaban J connectivity index is 2.05. The Hall–Kier alpha value is -2.79. The summed E-state index contributed by atoms with van der Waals surface area (Å²) in [6, 6.07) is 18.7. The van der Waals surface area contributed by atoms with Crippen LogP contribution in [0.3, 0.4) is 0 Å². The fourth-order valence-electron chi connectivity index (χ4n) is 2.46. The van der Waals surface area contributed by atoms with E-state index in [1.807, 2.05) is 42.5 Å². The van der Waals surface area contributed by atoms with Crippen molar-refractivity contribution in [1.82, 2.24) is 9.78 Å². The van der Waals surface area contributed by atoms with E-state index in [4.69, 9.17) is 16.3 Å². The molecule has 2 aromatic carbocycles. The molecule has 0 aliphatic rings. The number of aliphatic carboxylic acids is 1. The van der Waals surface area contributed by atoms with Crippen LogP contribution in [0.5, 0.6) is 5.88 Å². The van der Waals surface area contributed by atoms with Crippen molar-refractivity contribution in [1.29, 1.82) is 0 Å². The van der Waals surface area contributed by atoms with E-state index in [1.165, 1.54) is 0 Å². The topological polar surface area (TPSA) is 64.4 Å². The second-order valence-corrected chi connectivity index (χ2v) is 5.91. The van der Waals surface area contributed by atoms with Crippen molar-refractivity contribution < 1.29 is 14.6 Å². The lowest BCUT2D eigenvalue weighted by atomic mass is 10.1. The first-order valence-corrected chi connectivity index (χ1v) is 8.27. The Morgan fingerprint density at radius 2 is 1.88 bits per heavy atom. The van der Waals surface area contributed by atoms with Crippen LogP contribution >= 0.6 is 11.6 Å². The molecule has 1 unspecified atom stereocenters. The average molecular weight is 357 g/mol. The lowest BCUT2D eigenvalue weighted by molar-refractivity contribution is -0.145. The predicted molar refractivity (Wildman–Crippen MR) is 96.4 cm³/mol. The van der Waals surface area contributed by atoms with Gasteiger partial charge in [0, 0.05) is 16.7 Å². The lowest BCUT2D eigenvalue weighted by Gasteiger charge is -2.10. The van der Waals surface area contributed by atoms with Crippen LogP contribution in [0.2, 0.25) is 5.02 Å². The number of hydrogen-bond donors (Lipinski definition) is 1. The fraction of sp³-hybridized carbons (Fsp3) is 0.158. The highest BCUT2D eigenvalue weighted by Gasteiger charge is 2.20. The predicted octanol–water partition coefficient (Wildman–Crippen LogP) is 4.43. The number of benzene rings is 2. The number of carbonyl (C=O) groups is 1. The number of para-hydroxylation sites is 1. The summed E-state index contributed by atoms with van der Waals surface area (Å²) in [7, 11) is 0. The van der Waals surface area contributed by atoms with Gasteiger partial charge in [-0.05, 0) is 30.7 Å². The maximum Gasteiger partial charge on any atom is 0.344 e. The number of carboxylic acid groups (broad SMARTS) is 1. The molecule has 0 saturated heterocycles. The Kier molecular flexibility index (Phi) is 5.05. The molecule has 0 saturated carbocycles. The first-order chi connectivity index (χ1) is 12.1. The summed E-state index contributed by atoms with van der Waals surface area (Å²) in [5.41, 5.74) is 2.54. The van der Waals surface area contributed by atoms with Gasteiger partial charge in [0.05, 0.1) is 11.4 Å². The average Bonchev–Trinajstić information content (AvgIpc) is 3.05. The van der Waals surface area contributed by atoms with E-state index in [2.05, 4.69) is 5.10 Å². The normalized spacial score (nSPS) is 11.9. The molecule has 0 aliphatic heterocycles. The van der Waals surface area contributed by atoms with Gasteiger partial charge in [-0.15, -0.1) is 5.10 Å². The second kappa shape index (κ2) is 7.40. The number of carboxylic acids is 1. The summed E-state index contributed by atoms with van der Waals surface area (Å²) >= 11 is 5.97. The van der Waals surface area contributed by atoms with Crippen molar-refractivity contribution in [3.05, 3.63) is 65.7 Å². The third-order valence-electron chi connectivity index (χ3n) is 3.74. The number of aromatic nitrogens is 2. The van der Waals surface area contributed by atoms with E-state index in [-0.39, 0.29) is 5.88 Å². The zero-order valence-electron chi connectivity index (χ0n) is 13.6. The zero-order valence-corrected chi connectivity index (χ0v) is 14.3. The van der Waals surface area contributed by atoms with Gasteiger partial charge in [0.1, 0.15) is 0 Å². The molecular formula is C19H17ClN2O3. The van der Waals surface area contributed by atoms with E-state index < -0.39 is 12.1 Å². The van der Waals surface area contributed by atoms with Crippen LogP contribution in [0, 0.1) is 0 Å². The molecule has 25 heavy (non-hydrogen) atoms. The summed E-state index contributed by atoms with van der Waals surface area (Å²) in [6.07, 6.45) is -0.582. The number of nitrogens with zero attached hydrogens (tertiary/aromatic N) is 2. The van der Waals surface area contributed by atoms with Crippen molar-refractivity contribution in [2.75, 3.05) is 0 Å². The highest BCUT2D eigenvalue weighted by atomic mass is 35.5. The highest BCUT2D eigenvalue weighted by Crippen LogP contribution is 2.28. The third-order valence-corrected chi connectivity index (χ3v) is 3.99. The second-order valence-electron chi connectivity index (χ2n) is 5.48. The molecule has 1 aromatic heterocycles. The summed E-state index contributed by atoms with van der Waals surface area (Å²) in [5.74, 6) is -0.743. The van der Waals surface area contributed by atoms with Gasteiger partial charge in [-0.1, -0.05) is 48.9 Å². The molecule has 0 amide bonds. The van der Waals surface area contributed by atoms with E-state index in [0.717, 1.165) is 16.9 Å². The smallest absolute Gasteiger partial charge is 0.344 e. The van der Waals surface area contributed by atoms with Gasteiger partial charge < -0.3 is 9.84 Å². The van der Waals surface area contributed by atoms with E-state index in [9.17, 15) is 9.90 Å². The molecule has 1 atom stereocenters. The van der Waals surface area contributed by atoms with Gasteiger partial charge in [-0.25, -0.2) is 9.48 Å². The zero-order chi connectivity index (χ0) is 17.8. The van der Waals surface area contributed by atoms with E-state index in [0.29, 0.717) is 11.4 Å². The Morgan fingerprint density at radius 3 is 2.48 bits per heavy atom. The molecule has 0 spiro atoms. The Bertz CT molecular complexity index is 860. The molecule has 6 heteroatoms. The molecule has 0 bridgehead atoms. The van der Waals surface area contributed by atoms with Crippen LogP contribution in [-0.2, 0) is 4.79 Å². The van der Waals surface area contributed by atoms with Crippen molar-refractivity contribution >= 4 is 17.6 Å². The standard InChI is InChI=1S/C19H17ClN2O3/c1-2-17(19(23)24)25-18-12-16(13-8-10-14(20)11-9-13)22(21-18)15-6-4-3-5-7-15/h3-12,17H,2H2,1H3,(H,23,24). The molecule has 0 fully saturated rings. The van der Waals surface area contributed by atoms with Gasteiger partial charge in [0.15, 0.2) is 6.10 Å². The minimum atomic E-state index is -1.01. The van der Waals surface area contributed by atoms with Crippen molar-refractivity contribution in [3.8, 4) is 22.8 Å². The number of hydrogen-bond acceptors (Lipinski definition) is 3. The monoisotopic (exact) mass is 356 g/mol. The molecule has 3 rings (SSSR count). The summed E-state index contributed by atoms with van der Waals surface area (Å²) < 4.78 is 7.28. The highest BCUT2D eigenvalue weighted by molar-refractivity contribution is 6.30. The SMILES string of the molecule is CCC(Oc1cc(-c2ccc(Cl)cc2)n(-c2ccccc2)n1)C(=O)O. The molecule has 0 radical (unpaired) electrons. The van der Waals surface area contributed by atoms with Gasteiger partial charge in [-0.3, -0.25) is 0 Å². The maximum absolute atomic E-state index is 11.2. The molecule has 1 heterocycles. The molecule has 3 aromatic rings. The van der Waals surface area contributed by atoms with E-state index >= 15 is 0 Å². The minimum absolute atomic E-state index is 0.267. The molecule has 1 N–H and O–H groups in total. The summed E-state index contributed by atoms with van der Waals surface area (Å²) in [4.78, 5) is 11.2. The van der Waals surface area contributed by atoms with Gasteiger partial charge in [-0.2, -0.15) is 0 Å². The minimum Gasteiger partial charge on any atom is -0.479 e. The van der Waals surface area contributed by atoms with Gasteiger partial charge in [0.2, 0.25) is 5.88 Å². The maximum atomic E-state index is 11.2. The van der Waals surface area contributed by atoms with Gasteiger partial charge >= 0.3 is 5.97 Å². The van der Waals surface area contributed by atoms with Crippen LogP contribution in [-0.4, -0.2) is 27.0 Å². The Labute approximate surface area is 150 Å².